The number of ether oxygens (including phenoxy) is 1. The maximum absolute atomic E-state index is 12.2. The molecule has 0 saturated carbocycles. The summed E-state index contributed by atoms with van der Waals surface area (Å²) in [4.78, 5) is 28.9. The lowest BCUT2D eigenvalue weighted by atomic mass is 9.96. The highest BCUT2D eigenvalue weighted by molar-refractivity contribution is 6.52. The van der Waals surface area contributed by atoms with E-state index in [0.29, 0.717) is 28.3 Å². The van der Waals surface area contributed by atoms with E-state index in [1.165, 1.54) is 0 Å². The normalized spacial score (nSPS) is 17.1. The summed E-state index contributed by atoms with van der Waals surface area (Å²) >= 11 is 0. The van der Waals surface area contributed by atoms with Crippen LogP contribution in [0.3, 0.4) is 0 Å². The van der Waals surface area contributed by atoms with Crippen molar-refractivity contribution in [2.24, 2.45) is 4.99 Å². The van der Waals surface area contributed by atoms with Crippen LogP contribution < -0.4 is 10.1 Å². The first-order chi connectivity index (χ1) is 14.1. The van der Waals surface area contributed by atoms with E-state index in [9.17, 15) is 9.59 Å². The van der Waals surface area contributed by atoms with Gasteiger partial charge in [0, 0.05) is 0 Å². The standard InChI is InChI=1S/C23H15N3O3/c24-14-15-5-4-8-19(13-15)29-18-11-9-17(10-12-18)25-21-20(22(27)26-23(21)28)16-6-2-1-3-7-16/h1-13,20H,(H,26,27,28). The predicted molar refractivity (Wildman–Crippen MR) is 107 cm³/mol. The van der Waals surface area contributed by atoms with Crippen molar-refractivity contribution in [3.8, 4) is 17.6 Å². The lowest BCUT2D eigenvalue weighted by Crippen LogP contribution is -2.22. The largest absolute Gasteiger partial charge is 0.457 e. The van der Waals surface area contributed by atoms with E-state index in [1.807, 2.05) is 18.2 Å². The Labute approximate surface area is 167 Å². The number of nitrogens with zero attached hydrogens (tertiary/aromatic N) is 2. The molecule has 1 aliphatic rings. The molecule has 2 amide bonds. The highest BCUT2D eigenvalue weighted by atomic mass is 16.5. The van der Waals surface area contributed by atoms with Gasteiger partial charge < -0.3 is 4.74 Å². The second-order valence-corrected chi connectivity index (χ2v) is 6.39. The zero-order valence-electron chi connectivity index (χ0n) is 15.2. The molecule has 140 valence electrons. The summed E-state index contributed by atoms with van der Waals surface area (Å²) < 4.78 is 5.74. The van der Waals surface area contributed by atoms with Crippen molar-refractivity contribution >= 4 is 23.2 Å². The maximum Gasteiger partial charge on any atom is 0.273 e. The van der Waals surface area contributed by atoms with Crippen LogP contribution in [0.1, 0.15) is 17.0 Å². The number of benzene rings is 3. The molecule has 0 radical (unpaired) electrons. The first kappa shape index (κ1) is 18.1. The molecule has 0 aromatic heterocycles. The summed E-state index contributed by atoms with van der Waals surface area (Å²) in [5.74, 6) is -0.480. The van der Waals surface area contributed by atoms with E-state index >= 15 is 0 Å². The third-order valence-corrected chi connectivity index (χ3v) is 4.42. The van der Waals surface area contributed by atoms with Crippen LogP contribution in [-0.4, -0.2) is 17.5 Å². The van der Waals surface area contributed by atoms with Crippen LogP contribution in [0.15, 0.2) is 83.9 Å². The molecule has 1 atom stereocenters. The summed E-state index contributed by atoms with van der Waals surface area (Å²) in [6.45, 7) is 0. The second-order valence-electron chi connectivity index (χ2n) is 6.39. The smallest absolute Gasteiger partial charge is 0.273 e. The highest BCUT2D eigenvalue weighted by Crippen LogP contribution is 2.28. The minimum absolute atomic E-state index is 0.164. The van der Waals surface area contributed by atoms with Crippen LogP contribution in [0.25, 0.3) is 0 Å². The van der Waals surface area contributed by atoms with Gasteiger partial charge in [-0.25, -0.2) is 4.99 Å². The summed E-state index contributed by atoms with van der Waals surface area (Å²) in [7, 11) is 0. The van der Waals surface area contributed by atoms with Crippen LogP contribution in [0.4, 0.5) is 5.69 Å². The number of rotatable bonds is 4. The van der Waals surface area contributed by atoms with Gasteiger partial charge in [0.15, 0.2) is 0 Å². The van der Waals surface area contributed by atoms with Crippen molar-refractivity contribution in [2.45, 2.75) is 5.92 Å². The third kappa shape index (κ3) is 3.89. The molecule has 1 saturated heterocycles. The molecule has 0 spiro atoms. The van der Waals surface area contributed by atoms with Crippen molar-refractivity contribution in [2.75, 3.05) is 0 Å². The highest BCUT2D eigenvalue weighted by Gasteiger charge is 2.39. The lowest BCUT2D eigenvalue weighted by molar-refractivity contribution is -0.124. The van der Waals surface area contributed by atoms with Gasteiger partial charge >= 0.3 is 0 Å². The van der Waals surface area contributed by atoms with Crippen LogP contribution in [0, 0.1) is 11.3 Å². The molecule has 3 aromatic rings. The molecular weight excluding hydrogens is 366 g/mol. The summed E-state index contributed by atoms with van der Waals surface area (Å²) in [6, 6.07) is 24.8. The lowest BCUT2D eigenvalue weighted by Gasteiger charge is -2.08. The van der Waals surface area contributed by atoms with Gasteiger partial charge in [0.05, 0.1) is 17.3 Å². The van der Waals surface area contributed by atoms with Gasteiger partial charge in [0.25, 0.3) is 5.91 Å². The van der Waals surface area contributed by atoms with E-state index in [-0.39, 0.29) is 11.6 Å². The monoisotopic (exact) mass is 381 g/mol. The molecule has 4 rings (SSSR count). The predicted octanol–water partition coefficient (Wildman–Crippen LogP) is 3.86. The number of hydrogen-bond acceptors (Lipinski definition) is 5. The van der Waals surface area contributed by atoms with Crippen molar-refractivity contribution in [1.29, 1.82) is 5.26 Å². The van der Waals surface area contributed by atoms with Gasteiger partial charge in [-0.1, -0.05) is 36.4 Å². The Balaban J connectivity index is 1.58. The molecule has 0 aliphatic carbocycles. The number of carbonyl (C=O) groups excluding carboxylic acids is 2. The third-order valence-electron chi connectivity index (χ3n) is 4.42. The average Bonchev–Trinajstić information content (AvgIpc) is 3.03. The Hall–Kier alpha value is -4.24. The average molecular weight is 381 g/mol. The SMILES string of the molecule is N#Cc1cccc(Oc2ccc(N=C3C(=O)NC(=O)C3c3ccccc3)cc2)c1. The summed E-state index contributed by atoms with van der Waals surface area (Å²) in [5.41, 5.74) is 1.92. The van der Waals surface area contributed by atoms with Gasteiger partial charge in [-0.3, -0.25) is 14.9 Å². The first-order valence-corrected chi connectivity index (χ1v) is 8.91. The molecule has 29 heavy (non-hydrogen) atoms. The van der Waals surface area contributed by atoms with E-state index in [1.54, 1.807) is 60.7 Å². The molecule has 1 aliphatic heterocycles. The zero-order valence-corrected chi connectivity index (χ0v) is 15.2. The Kier molecular flexibility index (Phi) is 4.87. The Morgan fingerprint density at radius 1 is 0.897 bits per heavy atom. The zero-order chi connectivity index (χ0) is 20.2. The Bertz CT molecular complexity index is 1150. The van der Waals surface area contributed by atoms with Gasteiger partial charge in [0.1, 0.15) is 23.1 Å². The molecule has 1 N–H and O–H groups in total. The number of nitrogens with one attached hydrogen (secondary N) is 1. The van der Waals surface area contributed by atoms with E-state index < -0.39 is 11.8 Å². The molecule has 0 bridgehead atoms. The van der Waals surface area contributed by atoms with Gasteiger partial charge in [-0.2, -0.15) is 5.26 Å². The van der Waals surface area contributed by atoms with Crippen LogP contribution in [-0.2, 0) is 9.59 Å². The fraction of sp³-hybridized carbons (Fsp3) is 0.0435. The molecule has 6 heteroatoms. The Morgan fingerprint density at radius 3 is 2.38 bits per heavy atom. The number of hydrogen-bond donors (Lipinski definition) is 1. The summed E-state index contributed by atoms with van der Waals surface area (Å²) in [5, 5.41) is 11.3. The summed E-state index contributed by atoms with van der Waals surface area (Å²) in [6.07, 6.45) is 0. The van der Waals surface area contributed by atoms with Gasteiger partial charge in [-0.05, 0) is 48.0 Å². The van der Waals surface area contributed by atoms with E-state index in [2.05, 4.69) is 16.4 Å². The minimum atomic E-state index is -0.728. The van der Waals surface area contributed by atoms with Crippen LogP contribution >= 0.6 is 0 Å². The van der Waals surface area contributed by atoms with Crippen molar-refractivity contribution in [1.82, 2.24) is 5.32 Å². The van der Waals surface area contributed by atoms with Crippen molar-refractivity contribution < 1.29 is 14.3 Å². The topological polar surface area (TPSA) is 91.5 Å². The Morgan fingerprint density at radius 2 is 1.66 bits per heavy atom. The first-order valence-electron chi connectivity index (χ1n) is 8.91. The van der Waals surface area contributed by atoms with Crippen molar-refractivity contribution in [3.63, 3.8) is 0 Å². The number of carbonyl (C=O) groups is 2. The number of aliphatic imine (C=N–C) groups is 1. The van der Waals surface area contributed by atoms with Crippen LogP contribution in [0.2, 0.25) is 0 Å². The van der Waals surface area contributed by atoms with Crippen LogP contribution in [0.5, 0.6) is 11.5 Å². The minimum Gasteiger partial charge on any atom is -0.457 e. The molecule has 1 fully saturated rings. The van der Waals surface area contributed by atoms with Gasteiger partial charge in [0.2, 0.25) is 5.91 Å². The quantitative estimate of drug-likeness (QED) is 0.695. The molecule has 3 aromatic carbocycles. The number of nitriles is 1. The number of amides is 2. The number of imide groups is 1. The molecule has 1 heterocycles. The second kappa shape index (κ2) is 7.79. The maximum atomic E-state index is 12.2. The van der Waals surface area contributed by atoms with E-state index in [0.717, 1.165) is 0 Å². The molecular formula is C23H15N3O3. The molecule has 6 nitrogen and oxygen atoms in total. The molecule has 1 unspecified atom stereocenters. The van der Waals surface area contributed by atoms with E-state index in [4.69, 9.17) is 10.00 Å². The van der Waals surface area contributed by atoms with Gasteiger partial charge in [-0.15, -0.1) is 0 Å². The fourth-order valence-corrected chi connectivity index (χ4v) is 3.07. The van der Waals surface area contributed by atoms with Crippen molar-refractivity contribution in [3.05, 3.63) is 90.0 Å². The fourth-order valence-electron chi connectivity index (χ4n) is 3.07.